The molecular weight excluding hydrogens is 225 g/mol. The second-order valence-corrected chi connectivity index (χ2v) is 3.13. The maximum Gasteiger partial charge on any atom is 0.305 e. The lowest BCUT2D eigenvalue weighted by atomic mass is 10.1. The van der Waals surface area contributed by atoms with Crippen molar-refractivity contribution >= 4 is 30.0 Å². The first-order chi connectivity index (χ1) is 6.11. The maximum atomic E-state index is 10.4. The van der Waals surface area contributed by atoms with Crippen molar-refractivity contribution in [2.75, 3.05) is 0 Å². The molecule has 0 aliphatic heterocycles. The molecule has 0 saturated heterocycles. The Morgan fingerprint density at radius 1 is 1.50 bits per heavy atom. The number of carboxylic acids is 1. The molecule has 0 heterocycles. The molecule has 14 heavy (non-hydrogen) atoms. The van der Waals surface area contributed by atoms with Gasteiger partial charge in [-0.25, -0.2) is 0 Å². The van der Waals surface area contributed by atoms with Gasteiger partial charge < -0.3 is 10.8 Å². The second kappa shape index (κ2) is 5.86. The summed E-state index contributed by atoms with van der Waals surface area (Å²) >= 11 is 5.83. The van der Waals surface area contributed by atoms with Gasteiger partial charge in [-0.1, -0.05) is 29.8 Å². The number of rotatable bonds is 3. The fourth-order valence-corrected chi connectivity index (χ4v) is 1.35. The van der Waals surface area contributed by atoms with Crippen LogP contribution in [0.4, 0.5) is 0 Å². The van der Waals surface area contributed by atoms with Crippen molar-refractivity contribution in [3.8, 4) is 0 Å². The van der Waals surface area contributed by atoms with E-state index in [2.05, 4.69) is 0 Å². The zero-order chi connectivity index (χ0) is 9.84. The Morgan fingerprint density at radius 2 is 2.07 bits per heavy atom. The van der Waals surface area contributed by atoms with Crippen LogP contribution in [0, 0.1) is 0 Å². The molecule has 0 unspecified atom stereocenters. The minimum Gasteiger partial charge on any atom is -0.481 e. The van der Waals surface area contributed by atoms with E-state index in [0.717, 1.165) is 0 Å². The van der Waals surface area contributed by atoms with Crippen LogP contribution in [0.25, 0.3) is 0 Å². The number of aliphatic carboxylic acids is 1. The molecule has 3 N–H and O–H groups in total. The van der Waals surface area contributed by atoms with Crippen LogP contribution in [-0.4, -0.2) is 11.1 Å². The van der Waals surface area contributed by atoms with Crippen molar-refractivity contribution in [2.45, 2.75) is 12.5 Å². The monoisotopic (exact) mass is 235 g/mol. The highest BCUT2D eigenvalue weighted by atomic mass is 35.5. The van der Waals surface area contributed by atoms with E-state index >= 15 is 0 Å². The molecule has 1 aromatic carbocycles. The lowest BCUT2D eigenvalue weighted by Gasteiger charge is -2.10. The van der Waals surface area contributed by atoms with E-state index < -0.39 is 12.0 Å². The Hall–Kier alpha value is -0.770. The van der Waals surface area contributed by atoms with E-state index in [-0.39, 0.29) is 18.8 Å². The normalized spacial score (nSPS) is 11.6. The average Bonchev–Trinajstić information content (AvgIpc) is 2.03. The topological polar surface area (TPSA) is 63.3 Å². The largest absolute Gasteiger partial charge is 0.481 e. The van der Waals surface area contributed by atoms with E-state index in [1.807, 2.05) is 0 Å². The quantitative estimate of drug-likeness (QED) is 0.845. The van der Waals surface area contributed by atoms with Gasteiger partial charge in [0.1, 0.15) is 0 Å². The highest BCUT2D eigenvalue weighted by Crippen LogP contribution is 2.22. The molecule has 0 bridgehead atoms. The van der Waals surface area contributed by atoms with E-state index in [4.69, 9.17) is 22.4 Å². The van der Waals surface area contributed by atoms with Crippen molar-refractivity contribution < 1.29 is 9.90 Å². The van der Waals surface area contributed by atoms with Crippen LogP contribution in [-0.2, 0) is 4.79 Å². The lowest BCUT2D eigenvalue weighted by molar-refractivity contribution is -0.137. The minimum absolute atomic E-state index is 0. The van der Waals surface area contributed by atoms with Crippen molar-refractivity contribution in [1.29, 1.82) is 0 Å². The highest BCUT2D eigenvalue weighted by Gasteiger charge is 2.12. The van der Waals surface area contributed by atoms with E-state index in [0.29, 0.717) is 10.6 Å². The van der Waals surface area contributed by atoms with Gasteiger partial charge in [0.2, 0.25) is 0 Å². The minimum atomic E-state index is -0.924. The summed E-state index contributed by atoms with van der Waals surface area (Å²) in [5.41, 5.74) is 6.30. The fourth-order valence-electron chi connectivity index (χ4n) is 1.07. The van der Waals surface area contributed by atoms with Crippen molar-refractivity contribution in [3.63, 3.8) is 0 Å². The zero-order valence-electron chi connectivity index (χ0n) is 7.31. The molecule has 0 aliphatic carbocycles. The number of hydrogen-bond donors (Lipinski definition) is 2. The van der Waals surface area contributed by atoms with Crippen LogP contribution in [0.3, 0.4) is 0 Å². The Morgan fingerprint density at radius 3 is 2.57 bits per heavy atom. The summed E-state index contributed by atoms with van der Waals surface area (Å²) in [6.07, 6.45) is -0.107. The third-order valence-electron chi connectivity index (χ3n) is 1.70. The first kappa shape index (κ1) is 13.2. The van der Waals surface area contributed by atoms with E-state index in [1.54, 1.807) is 24.3 Å². The van der Waals surface area contributed by atoms with Crippen LogP contribution in [0.1, 0.15) is 18.0 Å². The standard InChI is InChI=1S/C9H10ClNO2.ClH/c10-7-4-2-1-3-6(7)8(11)5-9(12)13;/h1-4,8H,5,11H2,(H,12,13);1H/t8-;/m0./s1. The van der Waals surface area contributed by atoms with Crippen LogP contribution in [0.5, 0.6) is 0 Å². The summed E-state index contributed by atoms with van der Waals surface area (Å²) in [7, 11) is 0. The molecule has 0 saturated carbocycles. The number of carboxylic acid groups (broad SMARTS) is 1. The average molecular weight is 236 g/mol. The third-order valence-corrected chi connectivity index (χ3v) is 2.04. The Balaban J connectivity index is 0.00000169. The smallest absolute Gasteiger partial charge is 0.305 e. The van der Waals surface area contributed by atoms with Crippen molar-refractivity contribution in [2.24, 2.45) is 5.73 Å². The van der Waals surface area contributed by atoms with Gasteiger partial charge in [-0.05, 0) is 11.6 Å². The highest BCUT2D eigenvalue weighted by molar-refractivity contribution is 6.31. The molecule has 1 aromatic rings. The molecule has 0 spiro atoms. The molecule has 5 heteroatoms. The predicted molar refractivity (Wildman–Crippen MR) is 57.9 cm³/mol. The third kappa shape index (κ3) is 3.54. The summed E-state index contributed by atoms with van der Waals surface area (Å²) < 4.78 is 0. The molecule has 0 aliphatic rings. The van der Waals surface area contributed by atoms with Gasteiger partial charge in [-0.2, -0.15) is 0 Å². The van der Waals surface area contributed by atoms with Crippen LogP contribution in [0.2, 0.25) is 5.02 Å². The lowest BCUT2D eigenvalue weighted by Crippen LogP contribution is -2.15. The molecule has 3 nitrogen and oxygen atoms in total. The maximum absolute atomic E-state index is 10.4. The second-order valence-electron chi connectivity index (χ2n) is 2.73. The van der Waals surface area contributed by atoms with E-state index in [1.165, 1.54) is 0 Å². The van der Waals surface area contributed by atoms with Gasteiger partial charge >= 0.3 is 5.97 Å². The SMILES string of the molecule is Cl.N[C@@H](CC(=O)O)c1ccccc1Cl. The van der Waals surface area contributed by atoms with Gasteiger partial charge in [0.25, 0.3) is 0 Å². The van der Waals surface area contributed by atoms with Gasteiger partial charge in [-0.3, -0.25) is 4.79 Å². The number of carbonyl (C=O) groups is 1. The molecule has 78 valence electrons. The number of hydrogen-bond acceptors (Lipinski definition) is 2. The first-order valence-corrected chi connectivity index (χ1v) is 4.21. The van der Waals surface area contributed by atoms with Crippen molar-refractivity contribution in [3.05, 3.63) is 34.9 Å². The summed E-state index contributed by atoms with van der Waals surface area (Å²) in [4.78, 5) is 10.4. The molecule has 0 amide bonds. The summed E-state index contributed by atoms with van der Waals surface area (Å²) in [6, 6.07) is 6.45. The Bertz CT molecular complexity index is 317. The van der Waals surface area contributed by atoms with Gasteiger partial charge in [0.15, 0.2) is 0 Å². The Labute approximate surface area is 93.3 Å². The van der Waals surface area contributed by atoms with Crippen molar-refractivity contribution in [1.82, 2.24) is 0 Å². The van der Waals surface area contributed by atoms with Crippen LogP contribution < -0.4 is 5.73 Å². The first-order valence-electron chi connectivity index (χ1n) is 3.83. The van der Waals surface area contributed by atoms with Crippen LogP contribution >= 0.6 is 24.0 Å². The van der Waals surface area contributed by atoms with Gasteiger partial charge in [0, 0.05) is 11.1 Å². The molecule has 1 rings (SSSR count). The number of benzene rings is 1. The fraction of sp³-hybridized carbons (Fsp3) is 0.222. The number of nitrogens with two attached hydrogens (primary N) is 1. The summed E-state index contributed by atoms with van der Waals surface area (Å²) in [6.45, 7) is 0. The summed E-state index contributed by atoms with van der Waals surface area (Å²) in [5.74, 6) is -0.924. The summed E-state index contributed by atoms with van der Waals surface area (Å²) in [5, 5.41) is 9.02. The predicted octanol–water partition coefficient (Wildman–Crippen LogP) is 2.24. The van der Waals surface area contributed by atoms with Gasteiger partial charge in [-0.15, -0.1) is 12.4 Å². The zero-order valence-corrected chi connectivity index (χ0v) is 8.89. The van der Waals surface area contributed by atoms with Gasteiger partial charge in [0.05, 0.1) is 6.42 Å². The molecule has 0 radical (unpaired) electrons. The molecule has 0 fully saturated rings. The Kier molecular flexibility index (Phi) is 5.53. The van der Waals surface area contributed by atoms with Crippen LogP contribution in [0.15, 0.2) is 24.3 Å². The van der Waals surface area contributed by atoms with E-state index in [9.17, 15) is 4.79 Å². The molecule has 1 atom stereocenters. The number of halogens is 2. The molecule has 0 aromatic heterocycles. The molecular formula is C9H11Cl2NO2.